The minimum absolute atomic E-state index is 0.0307. The highest BCUT2D eigenvalue weighted by Crippen LogP contribution is 2.31. The lowest BCUT2D eigenvalue weighted by molar-refractivity contribution is -0.140. The zero-order valence-electron chi connectivity index (χ0n) is 27.1. The van der Waals surface area contributed by atoms with Crippen LogP contribution in [0.2, 0.25) is 10.0 Å². The van der Waals surface area contributed by atoms with Gasteiger partial charge < -0.3 is 15.0 Å². The molecule has 0 saturated carbocycles. The molecule has 1 N–H and O–H groups in total. The summed E-state index contributed by atoms with van der Waals surface area (Å²) >= 11 is 15.9. The van der Waals surface area contributed by atoms with E-state index >= 15 is 0 Å². The lowest BCUT2D eigenvalue weighted by atomic mass is 10.0. The van der Waals surface area contributed by atoms with Crippen LogP contribution in [-0.2, 0) is 32.6 Å². The van der Waals surface area contributed by atoms with Crippen LogP contribution in [0.15, 0.2) is 100 Å². The Balaban J connectivity index is 1.83. The fourth-order valence-corrected chi connectivity index (χ4v) is 7.46. The molecule has 8 nitrogen and oxygen atoms in total. The molecule has 0 heterocycles. The quantitative estimate of drug-likeness (QED) is 0.141. The molecule has 0 saturated heterocycles. The fourth-order valence-electron chi connectivity index (χ4n) is 5.00. The first-order valence-corrected chi connectivity index (χ1v) is 18.3. The van der Waals surface area contributed by atoms with E-state index in [1.165, 1.54) is 30.2 Å². The molecular weight excluding hydrogens is 737 g/mol. The number of sulfonamides is 1. The van der Waals surface area contributed by atoms with Crippen LogP contribution in [0.25, 0.3) is 0 Å². The second-order valence-electron chi connectivity index (χ2n) is 11.4. The van der Waals surface area contributed by atoms with Crippen molar-refractivity contribution in [1.29, 1.82) is 0 Å². The Bertz CT molecular complexity index is 1840. The zero-order valence-corrected chi connectivity index (χ0v) is 31.0. The van der Waals surface area contributed by atoms with Gasteiger partial charge in [-0.15, -0.1) is 0 Å². The average Bonchev–Trinajstić information content (AvgIpc) is 3.07. The lowest BCUT2D eigenvalue weighted by Gasteiger charge is -2.34. The summed E-state index contributed by atoms with van der Waals surface area (Å²) in [6.45, 7) is 5.12. The van der Waals surface area contributed by atoms with Gasteiger partial charge in [-0.3, -0.25) is 13.9 Å². The minimum atomic E-state index is -4.29. The number of benzene rings is 4. The molecule has 0 aliphatic heterocycles. The molecular formula is C36H38BrCl2N3O5S. The van der Waals surface area contributed by atoms with Crippen LogP contribution in [-0.4, -0.2) is 50.9 Å². The molecule has 0 aromatic heterocycles. The minimum Gasteiger partial charge on any atom is -0.496 e. The van der Waals surface area contributed by atoms with Crippen LogP contribution in [0, 0.1) is 6.92 Å². The highest BCUT2D eigenvalue weighted by Gasteiger charge is 2.35. The Morgan fingerprint density at radius 2 is 1.60 bits per heavy atom. The molecule has 4 rings (SSSR count). The summed E-state index contributed by atoms with van der Waals surface area (Å²) < 4.78 is 35.5. The number of hydrogen-bond acceptors (Lipinski definition) is 5. The van der Waals surface area contributed by atoms with E-state index in [1.54, 1.807) is 42.5 Å². The maximum absolute atomic E-state index is 14.6. The summed E-state index contributed by atoms with van der Waals surface area (Å²) in [5.74, 6) is -0.487. The van der Waals surface area contributed by atoms with Gasteiger partial charge in [0.25, 0.3) is 10.0 Å². The lowest BCUT2D eigenvalue weighted by Crippen LogP contribution is -2.54. The van der Waals surface area contributed by atoms with E-state index in [2.05, 4.69) is 21.2 Å². The molecule has 254 valence electrons. The molecule has 0 spiro atoms. The van der Waals surface area contributed by atoms with Crippen LogP contribution in [0.5, 0.6) is 5.75 Å². The summed E-state index contributed by atoms with van der Waals surface area (Å²) in [7, 11) is -2.81. The number of nitrogens with zero attached hydrogens (tertiary/aromatic N) is 2. The smallest absolute Gasteiger partial charge is 0.264 e. The van der Waals surface area contributed by atoms with Crippen molar-refractivity contribution < 1.29 is 22.7 Å². The van der Waals surface area contributed by atoms with Gasteiger partial charge >= 0.3 is 0 Å². The SMILES string of the molecule is CC[C@@H](C)NC(=O)[C@H](Cc1ccccc1)N(Cc1ccc(Cl)c(Cl)c1)C(=O)CN(c1ccc(C)cc1)S(=O)(=O)c1ccc(OC)c(Br)c1. The molecule has 12 heteroatoms. The number of carbonyl (C=O) groups is 2. The summed E-state index contributed by atoms with van der Waals surface area (Å²) in [5.41, 5.74) is 2.66. The van der Waals surface area contributed by atoms with Gasteiger partial charge in [0.2, 0.25) is 11.8 Å². The first-order chi connectivity index (χ1) is 22.8. The Morgan fingerprint density at radius 3 is 2.21 bits per heavy atom. The molecule has 4 aromatic carbocycles. The van der Waals surface area contributed by atoms with Crippen molar-refractivity contribution in [2.75, 3.05) is 18.0 Å². The summed E-state index contributed by atoms with van der Waals surface area (Å²) in [5, 5.41) is 3.66. The van der Waals surface area contributed by atoms with Crippen LogP contribution in [0.3, 0.4) is 0 Å². The van der Waals surface area contributed by atoms with Gasteiger partial charge in [0, 0.05) is 19.0 Å². The maximum atomic E-state index is 14.6. The van der Waals surface area contributed by atoms with E-state index in [-0.39, 0.29) is 29.8 Å². The monoisotopic (exact) mass is 773 g/mol. The summed E-state index contributed by atoms with van der Waals surface area (Å²) in [4.78, 5) is 30.0. The van der Waals surface area contributed by atoms with Gasteiger partial charge in [-0.25, -0.2) is 8.42 Å². The van der Waals surface area contributed by atoms with E-state index in [1.807, 2.05) is 51.1 Å². The second-order valence-corrected chi connectivity index (χ2v) is 15.0. The van der Waals surface area contributed by atoms with E-state index in [0.29, 0.717) is 37.9 Å². The number of ether oxygens (including phenoxy) is 1. The van der Waals surface area contributed by atoms with Crippen molar-refractivity contribution in [3.8, 4) is 5.75 Å². The van der Waals surface area contributed by atoms with Crippen LogP contribution in [0.4, 0.5) is 5.69 Å². The van der Waals surface area contributed by atoms with Crippen molar-refractivity contribution in [2.45, 2.75) is 57.1 Å². The van der Waals surface area contributed by atoms with Gasteiger partial charge in [0.1, 0.15) is 18.3 Å². The normalized spacial score (nSPS) is 12.6. The van der Waals surface area contributed by atoms with Crippen molar-refractivity contribution in [3.05, 3.63) is 122 Å². The molecule has 0 radical (unpaired) electrons. The predicted molar refractivity (Wildman–Crippen MR) is 195 cm³/mol. The number of rotatable bonds is 14. The van der Waals surface area contributed by atoms with E-state index in [4.69, 9.17) is 27.9 Å². The molecule has 0 aliphatic rings. The number of halogens is 3. The maximum Gasteiger partial charge on any atom is 0.264 e. The number of aryl methyl sites for hydroxylation is 1. The third-order valence-corrected chi connectivity index (χ3v) is 11.0. The number of amides is 2. The number of hydrogen-bond donors (Lipinski definition) is 1. The van der Waals surface area contributed by atoms with E-state index in [0.717, 1.165) is 15.4 Å². The predicted octanol–water partition coefficient (Wildman–Crippen LogP) is 7.82. The van der Waals surface area contributed by atoms with Crippen molar-refractivity contribution in [2.24, 2.45) is 0 Å². The molecule has 48 heavy (non-hydrogen) atoms. The van der Waals surface area contributed by atoms with Crippen LogP contribution in [0.1, 0.15) is 37.0 Å². The Hall–Kier alpha value is -3.57. The average molecular weight is 776 g/mol. The highest BCUT2D eigenvalue weighted by molar-refractivity contribution is 9.10. The van der Waals surface area contributed by atoms with Gasteiger partial charge in [-0.05, 0) is 89.8 Å². The van der Waals surface area contributed by atoms with Crippen LogP contribution < -0.4 is 14.4 Å². The van der Waals surface area contributed by atoms with Gasteiger partial charge in [-0.2, -0.15) is 0 Å². The van der Waals surface area contributed by atoms with Gasteiger partial charge in [0.05, 0.1) is 32.2 Å². The Morgan fingerprint density at radius 1 is 0.917 bits per heavy atom. The molecule has 0 bridgehead atoms. The third kappa shape index (κ3) is 9.31. The van der Waals surface area contributed by atoms with Crippen molar-refractivity contribution in [3.63, 3.8) is 0 Å². The van der Waals surface area contributed by atoms with Gasteiger partial charge in [0.15, 0.2) is 0 Å². The highest BCUT2D eigenvalue weighted by atomic mass is 79.9. The third-order valence-electron chi connectivity index (χ3n) is 7.92. The summed E-state index contributed by atoms with van der Waals surface area (Å²) in [6, 6.07) is 24.5. The zero-order chi connectivity index (χ0) is 35.0. The topological polar surface area (TPSA) is 96.0 Å². The molecule has 2 atom stereocenters. The van der Waals surface area contributed by atoms with Crippen molar-refractivity contribution in [1.82, 2.24) is 10.2 Å². The number of anilines is 1. The van der Waals surface area contributed by atoms with Crippen LogP contribution >= 0.6 is 39.1 Å². The standard InChI is InChI=1S/C36H38BrCl2N3O5S/c1-5-25(3)40-36(44)33(20-26-9-7-6-8-10-26)41(22-27-13-17-31(38)32(39)19-27)35(43)23-42(28-14-11-24(2)12-15-28)48(45,46)29-16-18-34(47-4)30(37)21-29/h6-19,21,25,33H,5,20,22-23H2,1-4H3,(H,40,44)/t25-,33+/m1/s1. The van der Waals surface area contributed by atoms with Crippen molar-refractivity contribution >= 4 is 66.7 Å². The summed E-state index contributed by atoms with van der Waals surface area (Å²) in [6.07, 6.45) is 0.875. The van der Waals surface area contributed by atoms with E-state index in [9.17, 15) is 18.0 Å². The molecule has 2 amide bonds. The van der Waals surface area contributed by atoms with Gasteiger partial charge in [-0.1, -0.05) is 84.2 Å². The first-order valence-electron chi connectivity index (χ1n) is 15.3. The molecule has 0 aliphatic carbocycles. The number of methoxy groups -OCH3 is 1. The molecule has 4 aromatic rings. The Kier molecular flexibility index (Phi) is 13.0. The Labute approximate surface area is 301 Å². The largest absolute Gasteiger partial charge is 0.496 e. The van der Waals surface area contributed by atoms with E-state index < -0.39 is 28.5 Å². The number of carbonyl (C=O) groups excluding carboxylic acids is 2. The number of nitrogens with one attached hydrogen (secondary N) is 1. The second kappa shape index (κ2) is 16.7. The fraction of sp³-hybridized carbons (Fsp3) is 0.278. The molecule has 0 fully saturated rings. The molecule has 0 unspecified atom stereocenters. The first kappa shape index (κ1) is 37.3.